The number of imide groups is 1. The Hall–Kier alpha value is 0.190. The smallest absolute Gasteiger partial charge is 0.240 e. The van der Waals surface area contributed by atoms with E-state index >= 15 is 0 Å². The molecule has 3 nitrogen and oxygen atoms in total. The summed E-state index contributed by atoms with van der Waals surface area (Å²) in [5, 5.41) is 2.61. The van der Waals surface area contributed by atoms with Gasteiger partial charge in [0, 0.05) is 22.2 Å². The van der Waals surface area contributed by atoms with Crippen molar-refractivity contribution in [2.75, 3.05) is 0 Å². The molecule has 0 radical (unpaired) electrons. The van der Waals surface area contributed by atoms with Crippen LogP contribution in [0.25, 0.3) is 0 Å². The fraction of sp³-hybridized carbons (Fsp3) is 0.800. The molecule has 2 amide bonds. The maximum Gasteiger partial charge on any atom is 0.240 e. The van der Waals surface area contributed by atoms with Crippen molar-refractivity contribution < 1.29 is 9.59 Å². The fourth-order valence-electron chi connectivity index (χ4n) is 1.58. The van der Waals surface area contributed by atoms with Crippen LogP contribution >= 0.6 is 37.0 Å². The Labute approximate surface area is 111 Å². The van der Waals surface area contributed by atoms with Crippen LogP contribution in [0.4, 0.5) is 0 Å². The van der Waals surface area contributed by atoms with Gasteiger partial charge in [0.2, 0.25) is 11.8 Å². The molecule has 1 saturated heterocycles. The van der Waals surface area contributed by atoms with Crippen molar-refractivity contribution >= 4 is 48.8 Å². The summed E-state index contributed by atoms with van der Waals surface area (Å²) in [4.78, 5) is 22.5. The van der Waals surface area contributed by atoms with Crippen LogP contribution in [0.3, 0.4) is 0 Å². The quantitative estimate of drug-likeness (QED) is 0.528. The molecule has 6 heteroatoms. The molecule has 1 aliphatic heterocycles. The minimum Gasteiger partial charge on any atom is -0.295 e. The Morgan fingerprint density at radius 1 is 1.50 bits per heavy atom. The van der Waals surface area contributed by atoms with Gasteiger partial charge in [0.15, 0.2) is 0 Å². The highest BCUT2D eigenvalue weighted by molar-refractivity contribution is 8.02. The molecular formula is C10H17NO2S3. The summed E-state index contributed by atoms with van der Waals surface area (Å²) in [6.45, 7) is 4.05. The normalized spacial score (nSPS) is 26.4. The van der Waals surface area contributed by atoms with Crippen molar-refractivity contribution in [3.05, 3.63) is 0 Å². The van der Waals surface area contributed by atoms with E-state index in [4.69, 9.17) is 0 Å². The summed E-state index contributed by atoms with van der Waals surface area (Å²) in [6, 6.07) is 0. The van der Waals surface area contributed by atoms with Gasteiger partial charge in [0.25, 0.3) is 0 Å². The zero-order valence-electron chi connectivity index (χ0n) is 9.34. The van der Waals surface area contributed by atoms with Crippen molar-refractivity contribution in [2.24, 2.45) is 0 Å². The fourth-order valence-corrected chi connectivity index (χ4v) is 3.77. The monoisotopic (exact) mass is 279 g/mol. The van der Waals surface area contributed by atoms with Crippen molar-refractivity contribution in [3.63, 3.8) is 0 Å². The summed E-state index contributed by atoms with van der Waals surface area (Å²) in [5.74, 6) is -0.340. The molecule has 92 valence electrons. The number of thiol groups is 2. The van der Waals surface area contributed by atoms with E-state index in [1.807, 2.05) is 6.92 Å². The predicted molar refractivity (Wildman–Crippen MR) is 74.4 cm³/mol. The molecule has 1 aliphatic rings. The number of carbonyl (C=O) groups is 2. The highest BCUT2D eigenvalue weighted by Crippen LogP contribution is 2.32. The summed E-state index contributed by atoms with van der Waals surface area (Å²) in [7, 11) is 0. The van der Waals surface area contributed by atoms with E-state index in [9.17, 15) is 9.59 Å². The molecule has 1 rings (SSSR count). The number of hydrogen-bond donors (Lipinski definition) is 3. The molecule has 0 spiro atoms. The van der Waals surface area contributed by atoms with E-state index in [0.717, 1.165) is 6.42 Å². The molecule has 1 N–H and O–H groups in total. The Bertz CT molecular complexity index is 283. The molecule has 16 heavy (non-hydrogen) atoms. The summed E-state index contributed by atoms with van der Waals surface area (Å²) in [6.07, 6.45) is 1.21. The number of nitrogens with one attached hydrogen (secondary N) is 1. The summed E-state index contributed by atoms with van der Waals surface area (Å²) < 4.78 is 0. The minimum atomic E-state index is -0.251. The maximum atomic E-state index is 11.4. The van der Waals surface area contributed by atoms with Crippen LogP contribution in [0.5, 0.6) is 0 Å². The topological polar surface area (TPSA) is 46.2 Å². The van der Waals surface area contributed by atoms with Gasteiger partial charge in [-0.2, -0.15) is 25.3 Å². The van der Waals surface area contributed by atoms with Crippen LogP contribution in [0.1, 0.15) is 26.7 Å². The summed E-state index contributed by atoms with van der Waals surface area (Å²) in [5.41, 5.74) is 0. The lowest BCUT2D eigenvalue weighted by atomic mass is 10.2. The lowest BCUT2D eigenvalue weighted by molar-refractivity contribution is -0.124. The van der Waals surface area contributed by atoms with Gasteiger partial charge in [-0.15, -0.1) is 11.8 Å². The second-order valence-electron chi connectivity index (χ2n) is 3.92. The number of thioether (sulfide) groups is 1. The van der Waals surface area contributed by atoms with Gasteiger partial charge in [0.05, 0.1) is 5.25 Å². The van der Waals surface area contributed by atoms with Gasteiger partial charge in [-0.05, 0) is 6.42 Å². The molecule has 1 unspecified atom stereocenters. The molecule has 0 aliphatic carbocycles. The highest BCUT2D eigenvalue weighted by Gasteiger charge is 2.34. The third kappa shape index (κ3) is 3.60. The van der Waals surface area contributed by atoms with Crippen molar-refractivity contribution in [2.45, 2.75) is 47.7 Å². The van der Waals surface area contributed by atoms with Crippen molar-refractivity contribution in [1.82, 2.24) is 5.32 Å². The largest absolute Gasteiger partial charge is 0.295 e. The van der Waals surface area contributed by atoms with Crippen LogP contribution in [0.15, 0.2) is 0 Å². The third-order valence-corrected chi connectivity index (χ3v) is 5.79. The Morgan fingerprint density at radius 3 is 2.50 bits per heavy atom. The van der Waals surface area contributed by atoms with E-state index in [1.54, 1.807) is 11.8 Å². The van der Waals surface area contributed by atoms with Crippen LogP contribution in [-0.4, -0.2) is 32.8 Å². The molecule has 1 fully saturated rings. The SMILES string of the molecule is CC[C@@H](SC1CC(=O)NC1=O)[C@H](S)[C@H](C)S. The molecular weight excluding hydrogens is 262 g/mol. The van der Waals surface area contributed by atoms with E-state index in [-0.39, 0.29) is 32.8 Å². The van der Waals surface area contributed by atoms with Crippen molar-refractivity contribution in [3.8, 4) is 0 Å². The van der Waals surface area contributed by atoms with Gasteiger partial charge in [-0.25, -0.2) is 0 Å². The summed E-state index contributed by atoms with van der Waals surface area (Å²) >= 11 is 10.4. The van der Waals surface area contributed by atoms with Crippen LogP contribution in [0, 0.1) is 0 Å². The molecule has 1 heterocycles. The average molecular weight is 279 g/mol. The van der Waals surface area contributed by atoms with Crippen LogP contribution in [-0.2, 0) is 9.59 Å². The lowest BCUT2D eigenvalue weighted by Gasteiger charge is -2.25. The molecule has 0 saturated carbocycles. The minimum absolute atomic E-state index is 0.127. The van der Waals surface area contributed by atoms with Crippen molar-refractivity contribution in [1.29, 1.82) is 0 Å². The Morgan fingerprint density at radius 2 is 2.12 bits per heavy atom. The number of hydrogen-bond acceptors (Lipinski definition) is 5. The Balaban J connectivity index is 2.57. The average Bonchev–Trinajstić information content (AvgIpc) is 2.52. The van der Waals surface area contributed by atoms with Gasteiger partial charge >= 0.3 is 0 Å². The second kappa shape index (κ2) is 6.21. The van der Waals surface area contributed by atoms with E-state index in [0.29, 0.717) is 6.42 Å². The zero-order valence-corrected chi connectivity index (χ0v) is 11.9. The van der Waals surface area contributed by atoms with E-state index < -0.39 is 0 Å². The first kappa shape index (κ1) is 14.3. The van der Waals surface area contributed by atoms with Crippen LogP contribution < -0.4 is 5.32 Å². The molecule has 0 aromatic carbocycles. The van der Waals surface area contributed by atoms with E-state index in [2.05, 4.69) is 37.5 Å². The zero-order chi connectivity index (χ0) is 12.3. The van der Waals surface area contributed by atoms with Gasteiger partial charge < -0.3 is 0 Å². The van der Waals surface area contributed by atoms with Gasteiger partial charge in [0.1, 0.15) is 0 Å². The number of amides is 2. The maximum absolute atomic E-state index is 11.4. The number of rotatable bonds is 5. The van der Waals surface area contributed by atoms with E-state index in [1.165, 1.54) is 0 Å². The van der Waals surface area contributed by atoms with Gasteiger partial charge in [-0.1, -0.05) is 13.8 Å². The lowest BCUT2D eigenvalue weighted by Crippen LogP contribution is -2.30. The molecule has 0 aromatic heterocycles. The molecule has 0 bridgehead atoms. The third-order valence-electron chi connectivity index (χ3n) is 2.54. The first-order valence-corrected chi connectivity index (χ1v) is 7.28. The highest BCUT2D eigenvalue weighted by atomic mass is 32.2. The second-order valence-corrected chi connectivity index (χ2v) is 6.78. The first-order valence-electron chi connectivity index (χ1n) is 5.31. The predicted octanol–water partition coefficient (Wildman–Crippen LogP) is 1.53. The standard InChI is InChI=1S/C10H17NO2S3/c1-3-6(9(15)5(2)14)16-7-4-8(12)11-10(7)13/h5-7,9,14-15H,3-4H2,1-2H3,(H,11,12,13)/t5-,6+,7?,9+/m0/s1. The molecule has 0 aromatic rings. The number of carbonyl (C=O) groups excluding carboxylic acids is 2. The Kier molecular flexibility index (Phi) is 5.53. The molecule has 4 atom stereocenters. The van der Waals surface area contributed by atoms with Gasteiger partial charge in [-0.3, -0.25) is 14.9 Å². The first-order chi connectivity index (χ1) is 7.45. The van der Waals surface area contributed by atoms with Crippen LogP contribution in [0.2, 0.25) is 0 Å².